The molecule has 0 saturated carbocycles. The van der Waals surface area contributed by atoms with E-state index in [1.54, 1.807) is 11.7 Å². The maximum absolute atomic E-state index is 5.01. The molecule has 0 amide bonds. The first kappa shape index (κ1) is 5.61. The minimum atomic E-state index is 0.584. The van der Waals surface area contributed by atoms with Crippen LogP contribution in [-0.2, 0) is 0 Å². The summed E-state index contributed by atoms with van der Waals surface area (Å²) in [6.07, 6.45) is 3.14. The third-order valence-corrected chi connectivity index (χ3v) is 1.67. The van der Waals surface area contributed by atoms with Gasteiger partial charge in [-0.05, 0) is 0 Å². The first-order valence-corrected chi connectivity index (χ1v) is 3.69. The van der Waals surface area contributed by atoms with Crippen LogP contribution in [0.1, 0.15) is 0 Å². The van der Waals surface area contributed by atoms with Gasteiger partial charge in [0.15, 0.2) is 0 Å². The highest BCUT2D eigenvalue weighted by molar-refractivity contribution is 7.07. The van der Waals surface area contributed by atoms with E-state index in [4.69, 9.17) is 4.42 Å². The zero-order valence-corrected chi connectivity index (χ0v) is 5.84. The number of thiazole rings is 1. The fourth-order valence-electron chi connectivity index (χ4n) is 0.668. The second-order valence-electron chi connectivity index (χ2n) is 1.71. The molecule has 0 aromatic carbocycles. The summed E-state index contributed by atoms with van der Waals surface area (Å²) < 4.78 is 5.01. The van der Waals surface area contributed by atoms with E-state index in [9.17, 15) is 0 Å². The maximum atomic E-state index is 5.01. The zero-order valence-electron chi connectivity index (χ0n) is 5.02. The second-order valence-corrected chi connectivity index (χ2v) is 2.43. The van der Waals surface area contributed by atoms with Crippen molar-refractivity contribution in [2.24, 2.45) is 0 Å². The summed E-state index contributed by atoms with van der Waals surface area (Å²) in [6, 6.07) is 0. The summed E-state index contributed by atoms with van der Waals surface area (Å²) in [6.45, 7) is 0. The van der Waals surface area contributed by atoms with Crippen LogP contribution in [0.4, 0.5) is 0 Å². The molecule has 0 N–H and O–H groups in total. The molecule has 0 unspecified atom stereocenters. The molecule has 50 valence electrons. The van der Waals surface area contributed by atoms with Gasteiger partial charge in [0.1, 0.15) is 12.0 Å². The highest BCUT2D eigenvalue weighted by atomic mass is 32.1. The molecule has 4 heteroatoms. The number of rotatable bonds is 1. The number of hydrogen-bond donors (Lipinski definition) is 0. The SMILES string of the molecule is c1coc(-c2cscn2)n1. The largest absolute Gasteiger partial charge is 0.443 e. The van der Waals surface area contributed by atoms with E-state index < -0.39 is 0 Å². The smallest absolute Gasteiger partial charge is 0.245 e. The third kappa shape index (κ3) is 0.823. The van der Waals surface area contributed by atoms with Gasteiger partial charge in [0.05, 0.1) is 11.7 Å². The van der Waals surface area contributed by atoms with Crippen LogP contribution in [0.3, 0.4) is 0 Å². The average molecular weight is 152 g/mol. The van der Waals surface area contributed by atoms with Gasteiger partial charge in [0.2, 0.25) is 5.89 Å². The van der Waals surface area contributed by atoms with Crippen molar-refractivity contribution >= 4 is 11.3 Å². The number of oxazole rings is 1. The van der Waals surface area contributed by atoms with Gasteiger partial charge in [-0.1, -0.05) is 0 Å². The fraction of sp³-hybridized carbons (Fsp3) is 0. The number of aromatic nitrogens is 2. The van der Waals surface area contributed by atoms with Crippen LogP contribution < -0.4 is 0 Å². The lowest BCUT2D eigenvalue weighted by Crippen LogP contribution is -1.72. The first-order valence-electron chi connectivity index (χ1n) is 2.75. The molecule has 2 aromatic rings. The second kappa shape index (κ2) is 2.22. The molecule has 2 rings (SSSR count). The molecule has 0 atom stereocenters. The van der Waals surface area contributed by atoms with Gasteiger partial charge >= 0.3 is 0 Å². The minimum absolute atomic E-state index is 0.584. The first-order chi connectivity index (χ1) is 4.97. The molecule has 0 spiro atoms. The Morgan fingerprint density at radius 2 is 2.40 bits per heavy atom. The molecule has 2 aromatic heterocycles. The van der Waals surface area contributed by atoms with Crippen LogP contribution in [0.2, 0.25) is 0 Å². The number of hydrogen-bond acceptors (Lipinski definition) is 4. The lowest BCUT2D eigenvalue weighted by molar-refractivity contribution is 0.572. The van der Waals surface area contributed by atoms with Gasteiger partial charge in [-0.25, -0.2) is 9.97 Å². The fourth-order valence-corrected chi connectivity index (χ4v) is 1.19. The summed E-state index contributed by atoms with van der Waals surface area (Å²) in [7, 11) is 0. The predicted molar refractivity (Wildman–Crippen MR) is 37.6 cm³/mol. The molecule has 0 radical (unpaired) electrons. The molecular formula is C6H4N2OS. The lowest BCUT2D eigenvalue weighted by Gasteiger charge is -1.81. The maximum Gasteiger partial charge on any atom is 0.245 e. The zero-order chi connectivity index (χ0) is 6.81. The third-order valence-electron chi connectivity index (χ3n) is 1.08. The quantitative estimate of drug-likeness (QED) is 0.625. The van der Waals surface area contributed by atoms with E-state index >= 15 is 0 Å². The Hall–Kier alpha value is -1.16. The molecule has 0 aliphatic carbocycles. The van der Waals surface area contributed by atoms with E-state index in [1.165, 1.54) is 17.6 Å². The molecule has 10 heavy (non-hydrogen) atoms. The summed E-state index contributed by atoms with van der Waals surface area (Å²) in [5.74, 6) is 0.584. The lowest BCUT2D eigenvalue weighted by atomic mass is 10.5. The van der Waals surface area contributed by atoms with Crippen LogP contribution in [0.15, 0.2) is 27.8 Å². The minimum Gasteiger partial charge on any atom is -0.443 e. The summed E-state index contributed by atoms with van der Waals surface area (Å²) in [5.41, 5.74) is 2.55. The van der Waals surface area contributed by atoms with Crippen LogP contribution in [0.5, 0.6) is 0 Å². The molecule has 2 heterocycles. The van der Waals surface area contributed by atoms with Crippen molar-refractivity contribution in [2.75, 3.05) is 0 Å². The van der Waals surface area contributed by atoms with Crippen molar-refractivity contribution < 1.29 is 4.42 Å². The van der Waals surface area contributed by atoms with Crippen molar-refractivity contribution in [3.8, 4) is 11.6 Å². The monoisotopic (exact) mass is 152 g/mol. The van der Waals surface area contributed by atoms with Gasteiger partial charge in [-0.15, -0.1) is 11.3 Å². The van der Waals surface area contributed by atoms with E-state index in [1.807, 2.05) is 5.38 Å². The van der Waals surface area contributed by atoms with Crippen molar-refractivity contribution in [3.63, 3.8) is 0 Å². The van der Waals surface area contributed by atoms with Crippen LogP contribution in [0, 0.1) is 0 Å². The molecule has 0 bridgehead atoms. The van der Waals surface area contributed by atoms with Gasteiger partial charge in [0.25, 0.3) is 0 Å². The van der Waals surface area contributed by atoms with Gasteiger partial charge in [-0.3, -0.25) is 0 Å². The normalized spacial score (nSPS) is 10.0. The van der Waals surface area contributed by atoms with E-state index in [-0.39, 0.29) is 0 Å². The van der Waals surface area contributed by atoms with Gasteiger partial charge in [-0.2, -0.15) is 0 Å². The molecule has 0 fully saturated rings. The van der Waals surface area contributed by atoms with Crippen molar-refractivity contribution in [3.05, 3.63) is 23.4 Å². The Morgan fingerprint density at radius 1 is 1.40 bits per heavy atom. The van der Waals surface area contributed by atoms with E-state index in [0.717, 1.165) is 5.69 Å². The van der Waals surface area contributed by atoms with E-state index in [0.29, 0.717) is 5.89 Å². The Kier molecular flexibility index (Phi) is 1.25. The van der Waals surface area contributed by atoms with Crippen molar-refractivity contribution in [2.45, 2.75) is 0 Å². The van der Waals surface area contributed by atoms with Crippen molar-refractivity contribution in [1.29, 1.82) is 0 Å². The number of nitrogens with zero attached hydrogens (tertiary/aromatic N) is 2. The molecular weight excluding hydrogens is 148 g/mol. The van der Waals surface area contributed by atoms with Crippen LogP contribution in [-0.4, -0.2) is 9.97 Å². The van der Waals surface area contributed by atoms with E-state index in [2.05, 4.69) is 9.97 Å². The molecule has 0 saturated heterocycles. The standard InChI is InChI=1S/C6H4N2OS/c1-2-9-6(7-1)5-3-10-4-8-5/h1-4H. The predicted octanol–water partition coefficient (Wildman–Crippen LogP) is 1.80. The van der Waals surface area contributed by atoms with Gasteiger partial charge < -0.3 is 4.42 Å². The Labute approximate surface area is 61.4 Å². The summed E-state index contributed by atoms with van der Waals surface area (Å²) in [4.78, 5) is 7.96. The highest BCUT2D eigenvalue weighted by Crippen LogP contribution is 2.15. The molecule has 0 aliphatic rings. The Balaban J connectivity index is 2.48. The topological polar surface area (TPSA) is 38.9 Å². The Morgan fingerprint density at radius 3 is 3.00 bits per heavy atom. The average Bonchev–Trinajstić information content (AvgIpc) is 2.59. The summed E-state index contributed by atoms with van der Waals surface area (Å²) >= 11 is 1.53. The van der Waals surface area contributed by atoms with Gasteiger partial charge in [0, 0.05) is 5.38 Å². The molecule has 3 nitrogen and oxygen atoms in total. The van der Waals surface area contributed by atoms with Crippen molar-refractivity contribution in [1.82, 2.24) is 9.97 Å². The van der Waals surface area contributed by atoms with Crippen LogP contribution >= 0.6 is 11.3 Å². The molecule has 0 aliphatic heterocycles. The highest BCUT2D eigenvalue weighted by Gasteiger charge is 2.01. The van der Waals surface area contributed by atoms with Crippen LogP contribution in [0.25, 0.3) is 11.6 Å². The Bertz CT molecular complexity index is 255. The summed E-state index contributed by atoms with van der Waals surface area (Å²) in [5, 5.41) is 1.89.